The Morgan fingerprint density at radius 3 is 2.56 bits per heavy atom. The molecule has 7 heteroatoms. The zero-order valence-electron chi connectivity index (χ0n) is 26.1. The molecule has 5 atom stereocenters. The average Bonchev–Trinajstić information content (AvgIpc) is 2.96. The number of carbonyl (C=O) groups is 2. The molecule has 1 unspecified atom stereocenters. The molecule has 1 heterocycles. The lowest BCUT2D eigenvalue weighted by atomic mass is 9.46. The van der Waals surface area contributed by atoms with Crippen LogP contribution in [0.2, 0.25) is 0 Å². The van der Waals surface area contributed by atoms with Gasteiger partial charge in [-0.15, -0.1) is 0 Å². The molecule has 1 aliphatic heterocycles. The molecule has 41 heavy (non-hydrogen) atoms. The number of ether oxygens (including phenoxy) is 3. The molecule has 7 nitrogen and oxygen atoms in total. The predicted molar refractivity (Wildman–Crippen MR) is 163 cm³/mol. The highest BCUT2D eigenvalue weighted by Crippen LogP contribution is 2.62. The van der Waals surface area contributed by atoms with E-state index in [1.54, 1.807) is 7.11 Å². The number of hydrogen-bond donors (Lipinski definition) is 0. The summed E-state index contributed by atoms with van der Waals surface area (Å²) in [5, 5.41) is 0. The van der Waals surface area contributed by atoms with Crippen LogP contribution >= 0.6 is 0 Å². The lowest BCUT2D eigenvalue weighted by Crippen LogP contribution is -2.53. The Bertz CT molecular complexity index is 1070. The highest BCUT2D eigenvalue weighted by atomic mass is 16.5. The molecule has 1 saturated heterocycles. The molecular weight excluding hydrogens is 516 g/mol. The van der Waals surface area contributed by atoms with E-state index in [1.807, 2.05) is 12.1 Å². The number of fused-ring (bicyclic) bond motifs is 1. The number of anilines is 1. The summed E-state index contributed by atoms with van der Waals surface area (Å²) in [6.45, 7) is 15.5. The van der Waals surface area contributed by atoms with Crippen molar-refractivity contribution in [1.82, 2.24) is 4.90 Å². The summed E-state index contributed by atoms with van der Waals surface area (Å²) in [6.07, 6.45) is 8.17. The summed E-state index contributed by atoms with van der Waals surface area (Å²) >= 11 is 0. The second-order valence-electron chi connectivity index (χ2n) is 13.2. The third-order valence-corrected chi connectivity index (χ3v) is 10.6. The maximum Gasteiger partial charge on any atom is 0.320 e. The Balaban J connectivity index is 1.18. The van der Waals surface area contributed by atoms with E-state index in [2.05, 4.69) is 49.3 Å². The van der Waals surface area contributed by atoms with Gasteiger partial charge in [0, 0.05) is 37.9 Å². The van der Waals surface area contributed by atoms with Crippen LogP contribution in [0.1, 0.15) is 72.1 Å². The van der Waals surface area contributed by atoms with Gasteiger partial charge in [-0.3, -0.25) is 14.5 Å². The van der Waals surface area contributed by atoms with E-state index in [9.17, 15) is 9.59 Å². The van der Waals surface area contributed by atoms with E-state index in [1.165, 1.54) is 12.7 Å². The molecule has 228 valence electrons. The summed E-state index contributed by atoms with van der Waals surface area (Å²) in [6, 6.07) is 8.13. The second-order valence-corrected chi connectivity index (χ2v) is 13.2. The fourth-order valence-electron chi connectivity index (χ4n) is 8.13. The molecule has 3 fully saturated rings. The van der Waals surface area contributed by atoms with E-state index in [0.29, 0.717) is 30.9 Å². The second kappa shape index (κ2) is 13.6. The molecule has 0 amide bonds. The highest BCUT2D eigenvalue weighted by molar-refractivity contribution is 5.77. The van der Waals surface area contributed by atoms with Crippen molar-refractivity contribution in [2.24, 2.45) is 28.6 Å². The summed E-state index contributed by atoms with van der Waals surface area (Å²) in [5.41, 5.74) is 2.19. The zero-order valence-corrected chi connectivity index (χ0v) is 26.1. The van der Waals surface area contributed by atoms with Gasteiger partial charge in [0.15, 0.2) is 0 Å². The molecule has 1 aromatic carbocycles. The minimum atomic E-state index is -0.401. The summed E-state index contributed by atoms with van der Waals surface area (Å²) in [7, 11) is 3.21. The van der Waals surface area contributed by atoms with Crippen LogP contribution in [0.25, 0.3) is 0 Å². The molecule has 0 aromatic heterocycles. The number of nitrogens with zero attached hydrogens (tertiary/aromatic N) is 2. The third-order valence-electron chi connectivity index (χ3n) is 10.6. The van der Waals surface area contributed by atoms with E-state index in [0.717, 1.165) is 89.0 Å². The number of allylic oxidation sites excluding steroid dienone is 1. The van der Waals surface area contributed by atoms with Crippen molar-refractivity contribution >= 4 is 17.6 Å². The Labute approximate surface area is 247 Å². The monoisotopic (exact) mass is 568 g/mol. The van der Waals surface area contributed by atoms with Crippen molar-refractivity contribution in [2.75, 3.05) is 58.5 Å². The fraction of sp³-hybridized carbons (Fsp3) is 0.706. The van der Waals surface area contributed by atoms with E-state index in [-0.39, 0.29) is 17.4 Å². The molecule has 0 bridgehead atoms. The largest absolute Gasteiger partial charge is 0.497 e. The number of carbonyl (C=O) groups excluding carboxylic acids is 2. The van der Waals surface area contributed by atoms with Gasteiger partial charge in [-0.25, -0.2) is 0 Å². The first-order chi connectivity index (χ1) is 19.6. The van der Waals surface area contributed by atoms with Crippen LogP contribution in [0, 0.1) is 28.6 Å². The first-order valence-electron chi connectivity index (χ1n) is 15.6. The molecule has 2 aliphatic carbocycles. The Kier molecular flexibility index (Phi) is 10.4. The minimum Gasteiger partial charge on any atom is -0.497 e. The summed E-state index contributed by atoms with van der Waals surface area (Å²) in [5.74, 6) is 1.90. The molecule has 3 aliphatic rings. The third kappa shape index (κ3) is 7.10. The standard InChI is InChI=1S/C34H52N2O5/c1-25(11-13-29-26(2)12-14-30-33(29,3)16-8-17-34(30,4)32(38)40-6)15-22-41-31(37)24-35-18-20-36(21-19-35)27-9-7-10-28(23-27)39-5/h7,9-10,23,25,29-30H,2,8,11-22,24H2,1,3-6H3/t25-,29-,30?,33+,34-/m0/s1. The van der Waals surface area contributed by atoms with Crippen molar-refractivity contribution in [1.29, 1.82) is 0 Å². The van der Waals surface area contributed by atoms with Crippen LogP contribution in [-0.2, 0) is 19.1 Å². The number of benzene rings is 1. The Morgan fingerprint density at radius 1 is 1.10 bits per heavy atom. The van der Waals surface area contributed by atoms with Crippen molar-refractivity contribution < 1.29 is 23.8 Å². The Morgan fingerprint density at radius 2 is 1.85 bits per heavy atom. The quantitative estimate of drug-likeness (QED) is 0.235. The first-order valence-corrected chi connectivity index (χ1v) is 15.6. The normalized spacial score (nSPS) is 29.4. The van der Waals surface area contributed by atoms with Gasteiger partial charge in [0.2, 0.25) is 0 Å². The topological polar surface area (TPSA) is 68.3 Å². The van der Waals surface area contributed by atoms with Gasteiger partial charge in [0.25, 0.3) is 0 Å². The SMILES string of the molecule is C=C1CCC2[C@](C)(CCC[C@]2(C)C(=O)OC)[C@H]1CC[C@H](C)CCOC(=O)CN1CCN(c2cccc(OC)c2)CC1. The fourth-order valence-corrected chi connectivity index (χ4v) is 8.13. The van der Waals surface area contributed by atoms with Crippen LogP contribution in [-0.4, -0.2) is 70.4 Å². The molecule has 1 aromatic rings. The lowest BCUT2D eigenvalue weighted by Gasteiger charge is -2.57. The molecule has 0 spiro atoms. The van der Waals surface area contributed by atoms with Crippen LogP contribution in [0.5, 0.6) is 5.75 Å². The predicted octanol–water partition coefficient (Wildman–Crippen LogP) is 6.12. The van der Waals surface area contributed by atoms with Crippen molar-refractivity contribution in [3.8, 4) is 5.75 Å². The van der Waals surface area contributed by atoms with Gasteiger partial charge in [0.05, 0.1) is 32.8 Å². The maximum absolute atomic E-state index is 12.8. The number of methoxy groups -OCH3 is 2. The smallest absolute Gasteiger partial charge is 0.320 e. The van der Waals surface area contributed by atoms with Crippen LogP contribution in [0.3, 0.4) is 0 Å². The van der Waals surface area contributed by atoms with Crippen molar-refractivity contribution in [3.05, 3.63) is 36.4 Å². The minimum absolute atomic E-state index is 0.0476. The molecule has 4 rings (SSSR count). The van der Waals surface area contributed by atoms with Gasteiger partial charge in [-0.1, -0.05) is 38.5 Å². The van der Waals surface area contributed by atoms with E-state index >= 15 is 0 Å². The van der Waals surface area contributed by atoms with Crippen molar-refractivity contribution in [3.63, 3.8) is 0 Å². The van der Waals surface area contributed by atoms with Crippen LogP contribution in [0.4, 0.5) is 5.69 Å². The Hall–Kier alpha value is -2.54. The molecule has 0 N–H and O–H groups in total. The summed E-state index contributed by atoms with van der Waals surface area (Å²) in [4.78, 5) is 29.9. The molecular formula is C34H52N2O5. The van der Waals surface area contributed by atoms with Crippen LogP contribution < -0.4 is 9.64 Å². The number of rotatable bonds is 11. The summed E-state index contributed by atoms with van der Waals surface area (Å²) < 4.78 is 16.3. The zero-order chi connectivity index (χ0) is 29.6. The average molecular weight is 569 g/mol. The highest BCUT2D eigenvalue weighted by Gasteiger charge is 2.57. The lowest BCUT2D eigenvalue weighted by molar-refractivity contribution is -0.168. The van der Waals surface area contributed by atoms with Crippen molar-refractivity contribution in [2.45, 2.75) is 72.1 Å². The first kappa shape index (κ1) is 31.4. The van der Waals surface area contributed by atoms with Gasteiger partial charge in [-0.2, -0.15) is 0 Å². The van der Waals surface area contributed by atoms with Gasteiger partial charge < -0.3 is 19.1 Å². The van der Waals surface area contributed by atoms with E-state index in [4.69, 9.17) is 14.2 Å². The molecule has 2 saturated carbocycles. The molecule has 0 radical (unpaired) electrons. The number of esters is 2. The number of hydrogen-bond acceptors (Lipinski definition) is 7. The maximum atomic E-state index is 12.8. The van der Waals surface area contributed by atoms with Gasteiger partial charge in [-0.05, 0) is 87.2 Å². The number of piperazine rings is 1. The van der Waals surface area contributed by atoms with Crippen LogP contribution in [0.15, 0.2) is 36.4 Å². The van der Waals surface area contributed by atoms with Gasteiger partial charge >= 0.3 is 11.9 Å². The van der Waals surface area contributed by atoms with Gasteiger partial charge in [0.1, 0.15) is 5.75 Å². The van der Waals surface area contributed by atoms with E-state index < -0.39 is 5.41 Å².